The van der Waals surface area contributed by atoms with Crippen molar-refractivity contribution >= 4 is 22.6 Å². The fourth-order valence-electron chi connectivity index (χ4n) is 2.88. The number of rotatable bonds is 3. The van der Waals surface area contributed by atoms with E-state index in [1.54, 1.807) is 6.07 Å². The molecule has 0 aliphatic carbocycles. The standard InChI is InChI=1S/C19H15ClO5/c1-10-5-18(21)25-19-11(2)15(4-3-13(10)19)22-8-12-6-16-17(7-14(12)20)24-9-23-16/h3-7H,8-9H2,1-2H3. The molecule has 0 amide bonds. The van der Waals surface area contributed by atoms with Crippen LogP contribution in [0.4, 0.5) is 0 Å². The predicted molar refractivity (Wildman–Crippen MR) is 93.9 cm³/mol. The molecule has 5 nitrogen and oxygen atoms in total. The number of fused-ring (bicyclic) bond motifs is 2. The first-order valence-corrected chi connectivity index (χ1v) is 8.15. The van der Waals surface area contributed by atoms with Crippen LogP contribution in [-0.2, 0) is 6.61 Å². The fraction of sp³-hybridized carbons (Fsp3) is 0.211. The van der Waals surface area contributed by atoms with Gasteiger partial charge in [-0.3, -0.25) is 0 Å². The molecule has 0 N–H and O–H groups in total. The highest BCUT2D eigenvalue weighted by atomic mass is 35.5. The zero-order valence-electron chi connectivity index (χ0n) is 13.7. The van der Waals surface area contributed by atoms with E-state index in [1.807, 2.05) is 32.0 Å². The van der Waals surface area contributed by atoms with Crippen LogP contribution in [-0.4, -0.2) is 6.79 Å². The molecule has 2 aromatic carbocycles. The molecule has 25 heavy (non-hydrogen) atoms. The summed E-state index contributed by atoms with van der Waals surface area (Å²) in [7, 11) is 0. The Morgan fingerprint density at radius 3 is 2.68 bits per heavy atom. The van der Waals surface area contributed by atoms with Crippen molar-refractivity contribution in [1.82, 2.24) is 0 Å². The Kier molecular flexibility index (Phi) is 3.81. The van der Waals surface area contributed by atoms with Gasteiger partial charge in [0.2, 0.25) is 6.79 Å². The van der Waals surface area contributed by atoms with Crippen LogP contribution in [0.2, 0.25) is 5.02 Å². The van der Waals surface area contributed by atoms with Crippen LogP contribution in [0, 0.1) is 13.8 Å². The van der Waals surface area contributed by atoms with Crippen LogP contribution in [0.1, 0.15) is 16.7 Å². The van der Waals surface area contributed by atoms with E-state index in [2.05, 4.69) is 0 Å². The summed E-state index contributed by atoms with van der Waals surface area (Å²) in [5.74, 6) is 1.92. The third-order valence-electron chi connectivity index (χ3n) is 4.24. The predicted octanol–water partition coefficient (Wildman–Crippen LogP) is 4.37. The second-order valence-corrected chi connectivity index (χ2v) is 6.31. The van der Waals surface area contributed by atoms with E-state index in [0.717, 1.165) is 22.1 Å². The average Bonchev–Trinajstić information content (AvgIpc) is 3.01. The smallest absolute Gasteiger partial charge is 0.336 e. The summed E-state index contributed by atoms with van der Waals surface area (Å²) in [6.07, 6.45) is 0. The van der Waals surface area contributed by atoms with Gasteiger partial charge in [0, 0.05) is 28.6 Å². The van der Waals surface area contributed by atoms with Crippen molar-refractivity contribution in [2.75, 3.05) is 6.79 Å². The van der Waals surface area contributed by atoms with Gasteiger partial charge in [-0.05, 0) is 37.6 Å². The quantitative estimate of drug-likeness (QED) is 0.651. The van der Waals surface area contributed by atoms with E-state index < -0.39 is 0 Å². The summed E-state index contributed by atoms with van der Waals surface area (Å²) in [6.45, 7) is 4.20. The first-order chi connectivity index (χ1) is 12.0. The second kappa shape index (κ2) is 6.01. The summed E-state index contributed by atoms with van der Waals surface area (Å²) in [6, 6.07) is 8.76. The first-order valence-electron chi connectivity index (χ1n) is 7.78. The Labute approximate surface area is 148 Å². The number of ether oxygens (including phenoxy) is 3. The molecule has 1 aromatic heterocycles. The molecule has 0 saturated heterocycles. The Bertz CT molecular complexity index is 1040. The van der Waals surface area contributed by atoms with Gasteiger partial charge in [0.05, 0.1) is 5.02 Å². The van der Waals surface area contributed by atoms with E-state index >= 15 is 0 Å². The van der Waals surface area contributed by atoms with Crippen molar-refractivity contribution in [3.63, 3.8) is 0 Å². The fourth-order valence-corrected chi connectivity index (χ4v) is 3.09. The van der Waals surface area contributed by atoms with Crippen molar-refractivity contribution in [3.05, 3.63) is 62.5 Å². The van der Waals surface area contributed by atoms with Gasteiger partial charge in [0.15, 0.2) is 11.5 Å². The van der Waals surface area contributed by atoms with Crippen molar-refractivity contribution in [2.24, 2.45) is 0 Å². The summed E-state index contributed by atoms with van der Waals surface area (Å²) in [5, 5.41) is 1.44. The van der Waals surface area contributed by atoms with Crippen molar-refractivity contribution in [1.29, 1.82) is 0 Å². The molecule has 1 aliphatic heterocycles. The Morgan fingerprint density at radius 2 is 1.88 bits per heavy atom. The monoisotopic (exact) mass is 358 g/mol. The highest BCUT2D eigenvalue weighted by Crippen LogP contribution is 2.37. The van der Waals surface area contributed by atoms with Gasteiger partial charge in [-0.25, -0.2) is 4.79 Å². The first kappa shape index (κ1) is 15.8. The minimum atomic E-state index is -0.371. The van der Waals surface area contributed by atoms with Crippen LogP contribution >= 0.6 is 11.6 Å². The SMILES string of the molecule is Cc1cc(=O)oc2c(C)c(OCc3cc4c(cc3Cl)OCO4)ccc12. The number of aryl methyl sites for hydroxylation is 2. The van der Waals surface area contributed by atoms with E-state index in [1.165, 1.54) is 6.07 Å². The molecule has 0 bridgehead atoms. The molecule has 2 heterocycles. The van der Waals surface area contributed by atoms with Gasteiger partial charge in [-0.2, -0.15) is 0 Å². The highest BCUT2D eigenvalue weighted by molar-refractivity contribution is 6.31. The Morgan fingerprint density at radius 1 is 1.12 bits per heavy atom. The largest absolute Gasteiger partial charge is 0.488 e. The maximum Gasteiger partial charge on any atom is 0.336 e. The van der Waals surface area contributed by atoms with Crippen molar-refractivity contribution < 1.29 is 18.6 Å². The summed E-state index contributed by atoms with van der Waals surface area (Å²) >= 11 is 6.28. The van der Waals surface area contributed by atoms with Gasteiger partial charge < -0.3 is 18.6 Å². The minimum Gasteiger partial charge on any atom is -0.488 e. The van der Waals surface area contributed by atoms with Gasteiger partial charge in [0.1, 0.15) is 17.9 Å². The summed E-state index contributed by atoms with van der Waals surface area (Å²) in [4.78, 5) is 11.6. The van der Waals surface area contributed by atoms with Gasteiger partial charge in [-0.15, -0.1) is 0 Å². The van der Waals surface area contributed by atoms with Gasteiger partial charge in [0.25, 0.3) is 0 Å². The number of halogens is 1. The van der Waals surface area contributed by atoms with Crippen LogP contribution < -0.4 is 19.8 Å². The van der Waals surface area contributed by atoms with Crippen molar-refractivity contribution in [2.45, 2.75) is 20.5 Å². The van der Waals surface area contributed by atoms with E-state index in [4.69, 9.17) is 30.2 Å². The third-order valence-corrected chi connectivity index (χ3v) is 4.59. The van der Waals surface area contributed by atoms with Crippen LogP contribution in [0.15, 0.2) is 39.5 Å². The lowest BCUT2D eigenvalue weighted by Gasteiger charge is -2.12. The molecule has 0 unspecified atom stereocenters. The lowest BCUT2D eigenvalue weighted by Crippen LogP contribution is -2.02. The van der Waals surface area contributed by atoms with Crippen LogP contribution in [0.5, 0.6) is 17.2 Å². The molecule has 6 heteroatoms. The maximum absolute atomic E-state index is 11.6. The van der Waals surface area contributed by atoms with E-state index in [9.17, 15) is 4.79 Å². The zero-order valence-corrected chi connectivity index (χ0v) is 14.5. The second-order valence-electron chi connectivity index (χ2n) is 5.90. The lowest BCUT2D eigenvalue weighted by atomic mass is 10.1. The van der Waals surface area contributed by atoms with E-state index in [-0.39, 0.29) is 19.0 Å². The molecule has 0 atom stereocenters. The molecular weight excluding hydrogens is 344 g/mol. The van der Waals surface area contributed by atoms with Crippen LogP contribution in [0.3, 0.4) is 0 Å². The molecule has 0 fully saturated rings. The molecule has 4 rings (SSSR count). The summed E-state index contributed by atoms with van der Waals surface area (Å²) < 4.78 is 21.9. The highest BCUT2D eigenvalue weighted by Gasteiger charge is 2.17. The molecule has 128 valence electrons. The lowest BCUT2D eigenvalue weighted by molar-refractivity contribution is 0.174. The van der Waals surface area contributed by atoms with Crippen LogP contribution in [0.25, 0.3) is 11.0 Å². The average molecular weight is 359 g/mol. The molecule has 0 radical (unpaired) electrons. The molecule has 0 spiro atoms. The van der Waals surface area contributed by atoms with Crippen molar-refractivity contribution in [3.8, 4) is 17.2 Å². The number of hydrogen-bond acceptors (Lipinski definition) is 5. The number of hydrogen-bond donors (Lipinski definition) is 0. The molecule has 3 aromatic rings. The van der Waals surface area contributed by atoms with Gasteiger partial charge >= 0.3 is 5.63 Å². The molecule has 0 saturated carbocycles. The Hall–Kier alpha value is -2.66. The maximum atomic E-state index is 11.6. The molecular formula is C19H15ClO5. The molecule has 1 aliphatic rings. The van der Waals surface area contributed by atoms with E-state index in [0.29, 0.717) is 27.9 Å². The third kappa shape index (κ3) is 2.81. The normalized spacial score (nSPS) is 12.6. The zero-order chi connectivity index (χ0) is 17.6. The summed E-state index contributed by atoms with van der Waals surface area (Å²) in [5.41, 5.74) is 2.61. The minimum absolute atomic E-state index is 0.193. The van der Waals surface area contributed by atoms with Gasteiger partial charge in [-0.1, -0.05) is 11.6 Å². The number of benzene rings is 2. The Balaban J connectivity index is 1.66. The topological polar surface area (TPSA) is 57.9 Å².